The summed E-state index contributed by atoms with van der Waals surface area (Å²) in [5.74, 6) is -1.18. The average molecular weight is 378 g/mol. The third-order valence-electron chi connectivity index (χ3n) is 5.42. The molecule has 2 aromatic carbocycles. The molecule has 1 fully saturated rings. The Hall–Kier alpha value is -2.01. The quantitative estimate of drug-likeness (QED) is 0.621. The molecule has 0 atom stereocenters. The zero-order chi connectivity index (χ0) is 19.4. The van der Waals surface area contributed by atoms with E-state index in [4.69, 9.17) is 9.47 Å². The Bertz CT molecular complexity index is 783. The van der Waals surface area contributed by atoms with Crippen LogP contribution in [0.5, 0.6) is 5.75 Å². The van der Waals surface area contributed by atoms with Crippen molar-refractivity contribution < 1.29 is 22.6 Å². The van der Waals surface area contributed by atoms with Crippen molar-refractivity contribution >= 4 is 0 Å². The number of methoxy groups -OCH3 is 1. The minimum Gasteiger partial charge on any atom is -0.497 e. The van der Waals surface area contributed by atoms with Crippen LogP contribution in [0.15, 0.2) is 30.3 Å². The molecule has 0 heterocycles. The van der Waals surface area contributed by atoms with E-state index in [9.17, 15) is 13.2 Å². The highest BCUT2D eigenvalue weighted by atomic mass is 19.2. The van der Waals surface area contributed by atoms with E-state index in [0.29, 0.717) is 23.3 Å². The highest BCUT2D eigenvalue weighted by Gasteiger charge is 2.25. The van der Waals surface area contributed by atoms with Crippen molar-refractivity contribution in [3.8, 4) is 5.75 Å². The van der Waals surface area contributed by atoms with Gasteiger partial charge >= 0.3 is 0 Å². The van der Waals surface area contributed by atoms with Gasteiger partial charge in [0.25, 0.3) is 0 Å². The Morgan fingerprint density at radius 1 is 0.926 bits per heavy atom. The standard InChI is InChI=1S/C22H25F3O2/c1-3-14-4-5-16(22(25)21(14)24)13-27-17-8-6-15(7-9-17)19-11-10-18(26-2)12-20(19)23/h4-5,10-12,15,17H,3,6-9,13H2,1-2H3. The molecule has 5 heteroatoms. The van der Waals surface area contributed by atoms with Crippen molar-refractivity contribution in [2.24, 2.45) is 0 Å². The Kier molecular flexibility index (Phi) is 6.42. The molecule has 2 aromatic rings. The lowest BCUT2D eigenvalue weighted by Crippen LogP contribution is -2.21. The summed E-state index contributed by atoms with van der Waals surface area (Å²) in [6.45, 7) is 1.84. The predicted molar refractivity (Wildman–Crippen MR) is 98.5 cm³/mol. The summed E-state index contributed by atoms with van der Waals surface area (Å²) >= 11 is 0. The second-order valence-electron chi connectivity index (χ2n) is 7.04. The third-order valence-corrected chi connectivity index (χ3v) is 5.42. The molecule has 0 radical (unpaired) electrons. The lowest BCUT2D eigenvalue weighted by Gasteiger charge is -2.29. The van der Waals surface area contributed by atoms with Gasteiger partial charge < -0.3 is 9.47 Å². The van der Waals surface area contributed by atoms with Gasteiger partial charge in [-0.25, -0.2) is 13.2 Å². The van der Waals surface area contributed by atoms with Gasteiger partial charge in [-0.3, -0.25) is 0 Å². The summed E-state index contributed by atoms with van der Waals surface area (Å²) < 4.78 is 53.1. The zero-order valence-electron chi connectivity index (χ0n) is 15.7. The molecule has 1 aliphatic rings. The van der Waals surface area contributed by atoms with E-state index in [-0.39, 0.29) is 30.0 Å². The molecule has 1 aliphatic carbocycles. The van der Waals surface area contributed by atoms with Gasteiger partial charge in [-0.2, -0.15) is 0 Å². The molecular formula is C22H25F3O2. The number of halogens is 3. The highest BCUT2D eigenvalue weighted by molar-refractivity contribution is 5.31. The number of ether oxygens (including phenoxy) is 2. The van der Waals surface area contributed by atoms with Crippen LogP contribution in [0.3, 0.4) is 0 Å². The molecule has 0 N–H and O–H groups in total. The molecule has 3 rings (SSSR count). The predicted octanol–water partition coefficient (Wildman–Crippen LogP) is 5.92. The summed E-state index contributed by atoms with van der Waals surface area (Å²) in [4.78, 5) is 0. The van der Waals surface area contributed by atoms with Gasteiger partial charge in [-0.1, -0.05) is 25.1 Å². The Balaban J connectivity index is 1.55. The SMILES string of the molecule is CCc1ccc(COC2CCC(c3ccc(OC)cc3F)CC2)c(F)c1F. The van der Waals surface area contributed by atoms with Crippen LogP contribution in [0.1, 0.15) is 55.2 Å². The second-order valence-corrected chi connectivity index (χ2v) is 7.04. The summed E-state index contributed by atoms with van der Waals surface area (Å²) in [6, 6.07) is 8.18. The summed E-state index contributed by atoms with van der Waals surface area (Å²) in [5, 5.41) is 0. The van der Waals surface area contributed by atoms with E-state index >= 15 is 0 Å². The minimum atomic E-state index is -0.816. The molecular weight excluding hydrogens is 353 g/mol. The van der Waals surface area contributed by atoms with Crippen molar-refractivity contribution in [1.82, 2.24) is 0 Å². The van der Waals surface area contributed by atoms with Crippen LogP contribution in [0.2, 0.25) is 0 Å². The normalized spacial score (nSPS) is 19.9. The second kappa shape index (κ2) is 8.79. The van der Waals surface area contributed by atoms with Crippen molar-refractivity contribution in [2.75, 3.05) is 7.11 Å². The van der Waals surface area contributed by atoms with E-state index in [1.807, 2.05) is 0 Å². The van der Waals surface area contributed by atoms with Gasteiger partial charge in [-0.15, -0.1) is 0 Å². The molecule has 2 nitrogen and oxygen atoms in total. The Morgan fingerprint density at radius 2 is 1.59 bits per heavy atom. The number of hydrogen-bond donors (Lipinski definition) is 0. The average Bonchev–Trinajstić information content (AvgIpc) is 2.69. The van der Waals surface area contributed by atoms with Gasteiger partial charge in [0.2, 0.25) is 0 Å². The molecule has 0 bridgehead atoms. The molecule has 0 unspecified atom stereocenters. The monoisotopic (exact) mass is 378 g/mol. The third kappa shape index (κ3) is 4.46. The van der Waals surface area contributed by atoms with E-state index in [2.05, 4.69) is 0 Å². The fourth-order valence-corrected chi connectivity index (χ4v) is 3.73. The molecule has 146 valence electrons. The van der Waals surface area contributed by atoms with Crippen LogP contribution in [-0.4, -0.2) is 13.2 Å². The molecule has 0 amide bonds. The van der Waals surface area contributed by atoms with Crippen molar-refractivity contribution in [2.45, 2.75) is 57.7 Å². The van der Waals surface area contributed by atoms with Crippen LogP contribution in [0.4, 0.5) is 13.2 Å². The summed E-state index contributed by atoms with van der Waals surface area (Å²) in [5.41, 5.74) is 1.32. The molecule has 0 aliphatic heterocycles. The number of aryl methyl sites for hydroxylation is 1. The van der Waals surface area contributed by atoms with E-state index in [0.717, 1.165) is 25.7 Å². The zero-order valence-corrected chi connectivity index (χ0v) is 15.7. The molecule has 27 heavy (non-hydrogen) atoms. The molecule has 0 spiro atoms. The molecule has 0 saturated heterocycles. The van der Waals surface area contributed by atoms with Gasteiger partial charge in [0.05, 0.1) is 19.8 Å². The Labute approximate surface area is 158 Å². The summed E-state index contributed by atoms with van der Waals surface area (Å²) in [7, 11) is 1.52. The van der Waals surface area contributed by atoms with Crippen LogP contribution in [0, 0.1) is 17.5 Å². The first-order valence-corrected chi connectivity index (χ1v) is 9.44. The van der Waals surface area contributed by atoms with Crippen LogP contribution >= 0.6 is 0 Å². The topological polar surface area (TPSA) is 18.5 Å². The highest BCUT2D eigenvalue weighted by Crippen LogP contribution is 2.36. The fourth-order valence-electron chi connectivity index (χ4n) is 3.73. The lowest BCUT2D eigenvalue weighted by atomic mass is 9.82. The van der Waals surface area contributed by atoms with Gasteiger partial charge in [-0.05, 0) is 55.2 Å². The summed E-state index contributed by atoms with van der Waals surface area (Å²) in [6.07, 6.45) is 3.59. The van der Waals surface area contributed by atoms with E-state index in [1.54, 1.807) is 31.2 Å². The van der Waals surface area contributed by atoms with Crippen molar-refractivity contribution in [3.05, 3.63) is 64.5 Å². The number of rotatable bonds is 6. The minimum absolute atomic E-state index is 0.0177. The largest absolute Gasteiger partial charge is 0.497 e. The number of benzene rings is 2. The molecule has 0 aromatic heterocycles. The first kappa shape index (κ1) is 19.7. The Morgan fingerprint density at radius 3 is 2.22 bits per heavy atom. The number of hydrogen-bond acceptors (Lipinski definition) is 2. The van der Waals surface area contributed by atoms with Crippen molar-refractivity contribution in [3.63, 3.8) is 0 Å². The van der Waals surface area contributed by atoms with Crippen LogP contribution in [-0.2, 0) is 17.8 Å². The van der Waals surface area contributed by atoms with Gasteiger partial charge in [0.15, 0.2) is 11.6 Å². The van der Waals surface area contributed by atoms with Crippen LogP contribution in [0.25, 0.3) is 0 Å². The maximum Gasteiger partial charge on any atom is 0.164 e. The van der Waals surface area contributed by atoms with Crippen LogP contribution < -0.4 is 4.74 Å². The first-order valence-electron chi connectivity index (χ1n) is 9.44. The van der Waals surface area contributed by atoms with Gasteiger partial charge in [0, 0.05) is 11.6 Å². The lowest BCUT2D eigenvalue weighted by molar-refractivity contribution is 0.0116. The van der Waals surface area contributed by atoms with E-state index in [1.165, 1.54) is 13.2 Å². The maximum atomic E-state index is 14.2. The first-order chi connectivity index (χ1) is 13.0. The smallest absolute Gasteiger partial charge is 0.164 e. The molecule has 1 saturated carbocycles. The van der Waals surface area contributed by atoms with Crippen molar-refractivity contribution in [1.29, 1.82) is 0 Å². The maximum absolute atomic E-state index is 14.2. The van der Waals surface area contributed by atoms with Gasteiger partial charge in [0.1, 0.15) is 11.6 Å². The van der Waals surface area contributed by atoms with E-state index < -0.39 is 11.6 Å². The fraction of sp³-hybridized carbons (Fsp3) is 0.455.